The van der Waals surface area contributed by atoms with Gasteiger partial charge in [-0.05, 0) is 34.6 Å². The predicted octanol–water partition coefficient (Wildman–Crippen LogP) is 2.15. The number of carboxylic acid groups (broad SMARTS) is 1. The highest BCUT2D eigenvalue weighted by Gasteiger charge is 2.24. The molecule has 0 rings (SSSR count). The fourth-order valence-electron chi connectivity index (χ4n) is 0.397. The molecule has 0 radical (unpaired) electrons. The molecule has 0 aromatic carbocycles. The van der Waals surface area contributed by atoms with Crippen LogP contribution >= 0.6 is 0 Å². The summed E-state index contributed by atoms with van der Waals surface area (Å²) in [6, 6.07) is 0. The zero-order chi connectivity index (χ0) is 9.99. The van der Waals surface area contributed by atoms with E-state index in [1.165, 1.54) is 0 Å². The maximum atomic E-state index is 10.6. The maximum Gasteiger partial charge on any atom is 0.321 e. The van der Waals surface area contributed by atoms with Crippen molar-refractivity contribution in [3.8, 4) is 11.8 Å². The first-order valence-electron chi connectivity index (χ1n) is 3.93. The Labute approximate surface area is 74.0 Å². The molecule has 0 aliphatic rings. The Morgan fingerprint density at radius 2 is 1.50 bits per heavy atom. The summed E-state index contributed by atoms with van der Waals surface area (Å²) in [5, 5.41) is 8.74. The third-order valence-electron chi connectivity index (χ3n) is 1.28. The topological polar surface area (TPSA) is 37.3 Å². The lowest BCUT2D eigenvalue weighted by atomic mass is 9.90. The molecule has 0 aliphatic heterocycles. The number of hydrogen-bond acceptors (Lipinski definition) is 1. The minimum atomic E-state index is -0.937. The van der Waals surface area contributed by atoms with Crippen LogP contribution in [0.1, 0.15) is 34.6 Å². The average molecular weight is 168 g/mol. The Hall–Kier alpha value is -0.970. The van der Waals surface area contributed by atoms with Crippen molar-refractivity contribution in [2.45, 2.75) is 34.6 Å². The van der Waals surface area contributed by atoms with E-state index in [9.17, 15) is 4.79 Å². The SMILES string of the molecule is CC(C)(C)C#CC(C)(C)C(=O)O. The van der Waals surface area contributed by atoms with Crippen LogP contribution in [0, 0.1) is 22.7 Å². The van der Waals surface area contributed by atoms with Gasteiger partial charge in [0.1, 0.15) is 5.41 Å². The Kier molecular flexibility index (Phi) is 2.93. The van der Waals surface area contributed by atoms with Gasteiger partial charge in [-0.2, -0.15) is 0 Å². The number of carbonyl (C=O) groups is 1. The molecule has 0 aliphatic carbocycles. The quantitative estimate of drug-likeness (QED) is 0.609. The number of rotatable bonds is 1. The summed E-state index contributed by atoms with van der Waals surface area (Å²) >= 11 is 0. The van der Waals surface area contributed by atoms with Gasteiger partial charge in [0.25, 0.3) is 0 Å². The van der Waals surface area contributed by atoms with Gasteiger partial charge < -0.3 is 5.11 Å². The summed E-state index contributed by atoms with van der Waals surface area (Å²) in [5.41, 5.74) is -1.07. The molecular weight excluding hydrogens is 152 g/mol. The highest BCUT2D eigenvalue weighted by molar-refractivity contribution is 5.77. The molecule has 0 aromatic heterocycles. The molecule has 0 aromatic rings. The van der Waals surface area contributed by atoms with Gasteiger partial charge in [-0.3, -0.25) is 4.79 Å². The minimum Gasteiger partial charge on any atom is -0.480 e. The normalized spacial score (nSPS) is 11.8. The van der Waals surface area contributed by atoms with E-state index in [1.54, 1.807) is 13.8 Å². The van der Waals surface area contributed by atoms with Crippen LogP contribution in [0.2, 0.25) is 0 Å². The average Bonchev–Trinajstić information content (AvgIpc) is 1.82. The van der Waals surface area contributed by atoms with E-state index < -0.39 is 11.4 Å². The fraction of sp³-hybridized carbons (Fsp3) is 0.700. The molecule has 12 heavy (non-hydrogen) atoms. The van der Waals surface area contributed by atoms with Crippen LogP contribution in [-0.2, 0) is 4.79 Å². The van der Waals surface area contributed by atoms with Gasteiger partial charge in [0, 0.05) is 5.41 Å². The summed E-state index contributed by atoms with van der Waals surface area (Å²) < 4.78 is 0. The van der Waals surface area contributed by atoms with Crippen molar-refractivity contribution in [2.75, 3.05) is 0 Å². The first-order chi connectivity index (χ1) is 5.15. The molecule has 0 bridgehead atoms. The molecule has 1 N–H and O–H groups in total. The summed E-state index contributed by atoms with van der Waals surface area (Å²) in [4.78, 5) is 10.6. The molecule has 0 heterocycles. The zero-order valence-corrected chi connectivity index (χ0v) is 8.36. The van der Waals surface area contributed by atoms with Crippen LogP contribution in [0.3, 0.4) is 0 Å². The largest absolute Gasteiger partial charge is 0.480 e. The van der Waals surface area contributed by atoms with Gasteiger partial charge in [-0.15, -0.1) is 0 Å². The van der Waals surface area contributed by atoms with E-state index in [-0.39, 0.29) is 5.41 Å². The summed E-state index contributed by atoms with van der Waals surface area (Å²) in [6.07, 6.45) is 0. The van der Waals surface area contributed by atoms with Gasteiger partial charge >= 0.3 is 5.97 Å². The lowest BCUT2D eigenvalue weighted by molar-refractivity contribution is -0.143. The van der Waals surface area contributed by atoms with Crippen LogP contribution in [0.5, 0.6) is 0 Å². The van der Waals surface area contributed by atoms with Crippen molar-refractivity contribution in [1.82, 2.24) is 0 Å². The van der Waals surface area contributed by atoms with Crippen molar-refractivity contribution in [1.29, 1.82) is 0 Å². The van der Waals surface area contributed by atoms with E-state index in [0.717, 1.165) is 0 Å². The zero-order valence-electron chi connectivity index (χ0n) is 8.36. The minimum absolute atomic E-state index is 0.132. The molecule has 0 unspecified atom stereocenters. The third kappa shape index (κ3) is 4.02. The Morgan fingerprint density at radius 3 is 1.75 bits per heavy atom. The van der Waals surface area contributed by atoms with Crippen molar-refractivity contribution in [2.24, 2.45) is 10.8 Å². The molecule has 0 fully saturated rings. The number of aliphatic carboxylic acids is 1. The lowest BCUT2D eigenvalue weighted by Gasteiger charge is -2.13. The van der Waals surface area contributed by atoms with Crippen LogP contribution in [0.15, 0.2) is 0 Å². The van der Waals surface area contributed by atoms with Crippen molar-refractivity contribution < 1.29 is 9.90 Å². The van der Waals surface area contributed by atoms with E-state index in [2.05, 4.69) is 11.8 Å². The molecule has 0 saturated heterocycles. The first-order valence-corrected chi connectivity index (χ1v) is 3.93. The first kappa shape index (κ1) is 11.0. The number of hydrogen-bond donors (Lipinski definition) is 1. The van der Waals surface area contributed by atoms with E-state index in [0.29, 0.717) is 0 Å². The lowest BCUT2D eigenvalue weighted by Crippen LogP contribution is -2.21. The second kappa shape index (κ2) is 3.18. The highest BCUT2D eigenvalue weighted by Crippen LogP contribution is 2.16. The molecule has 0 spiro atoms. The summed E-state index contributed by atoms with van der Waals surface area (Å²) in [5.74, 6) is 4.79. The van der Waals surface area contributed by atoms with Gasteiger partial charge in [-0.25, -0.2) is 0 Å². The van der Waals surface area contributed by atoms with Crippen molar-refractivity contribution in [3.63, 3.8) is 0 Å². The third-order valence-corrected chi connectivity index (χ3v) is 1.28. The molecule has 68 valence electrons. The number of carboxylic acids is 1. The van der Waals surface area contributed by atoms with E-state index in [4.69, 9.17) is 5.11 Å². The van der Waals surface area contributed by atoms with E-state index >= 15 is 0 Å². The molecular formula is C10H16O2. The van der Waals surface area contributed by atoms with Crippen LogP contribution in [0.4, 0.5) is 0 Å². The monoisotopic (exact) mass is 168 g/mol. The van der Waals surface area contributed by atoms with Gasteiger partial charge in [0.2, 0.25) is 0 Å². The van der Waals surface area contributed by atoms with Crippen molar-refractivity contribution >= 4 is 5.97 Å². The van der Waals surface area contributed by atoms with Crippen LogP contribution < -0.4 is 0 Å². The standard InChI is InChI=1S/C10H16O2/c1-9(2,3)6-7-10(4,5)8(11)12/h1-5H3,(H,11,12). The maximum absolute atomic E-state index is 10.6. The molecule has 2 nitrogen and oxygen atoms in total. The summed E-state index contributed by atoms with van der Waals surface area (Å²) in [6.45, 7) is 9.08. The van der Waals surface area contributed by atoms with Crippen molar-refractivity contribution in [3.05, 3.63) is 0 Å². The second-order valence-corrected chi connectivity index (χ2v) is 4.43. The van der Waals surface area contributed by atoms with Crippen LogP contribution in [-0.4, -0.2) is 11.1 Å². The van der Waals surface area contributed by atoms with Gasteiger partial charge in [0.15, 0.2) is 0 Å². The van der Waals surface area contributed by atoms with Crippen LogP contribution in [0.25, 0.3) is 0 Å². The molecule has 0 amide bonds. The fourth-order valence-corrected chi connectivity index (χ4v) is 0.397. The van der Waals surface area contributed by atoms with Gasteiger partial charge in [-0.1, -0.05) is 11.8 Å². The Balaban J connectivity index is 4.61. The molecule has 2 heteroatoms. The predicted molar refractivity (Wildman–Crippen MR) is 48.6 cm³/mol. The molecule has 0 atom stereocenters. The Bertz CT molecular complexity index is 233. The highest BCUT2D eigenvalue weighted by atomic mass is 16.4. The van der Waals surface area contributed by atoms with Gasteiger partial charge in [0.05, 0.1) is 0 Å². The second-order valence-electron chi connectivity index (χ2n) is 4.43. The molecule has 0 saturated carbocycles. The Morgan fingerprint density at radius 1 is 1.08 bits per heavy atom. The smallest absolute Gasteiger partial charge is 0.321 e. The van der Waals surface area contributed by atoms with E-state index in [1.807, 2.05) is 20.8 Å². The summed E-state index contributed by atoms with van der Waals surface area (Å²) in [7, 11) is 0.